The Morgan fingerprint density at radius 3 is 0.933 bits per heavy atom. The summed E-state index contributed by atoms with van der Waals surface area (Å²) >= 11 is 0. The van der Waals surface area contributed by atoms with Gasteiger partial charge in [-0.1, -0.05) is 407 Å². The van der Waals surface area contributed by atoms with Crippen molar-refractivity contribution in [3.05, 3.63) is 538 Å². The first kappa shape index (κ1) is 85.8. The molecule has 135 heavy (non-hydrogen) atoms. The molecule has 0 N–H and O–H groups in total. The highest BCUT2D eigenvalue weighted by Gasteiger charge is 2.37. The van der Waals surface area contributed by atoms with Crippen LogP contribution in [0.3, 0.4) is 0 Å². The standard InChI is InChI=1S/C34H29N.C33H23N3.C31H23N.C30H24N2/c1-24-14-20-32-30(22-24)34(2,3)31-23-28(26-12-8-5-9-13-26)17-21-33(31)35(32)29-18-15-27(16-19-29)25-10-6-4-7-11-25;1-4-12-24(13-5-1)27-18-10-19-28(22-27)29-20-11-21-30(23-29)33-35-31(25-14-6-2-7-15-25)34-32(36-33)26-16-8-3-9-17-26;1-22-12-16-27(17-13-22)32-30-18-14-25(23-8-4-2-5-9-23)20-28(30)29-21-26(15-19-31(29)32)24-10-6-3-7-11-24;1-23-10-16-27(17-11-23)32(28-18-12-25(13-19-28)24-7-3-2-4-8-24)29-20-14-26(15-21-29)30-9-5-6-22-31-30/h4-23H,1-3H3;1-23H;2-21H,1H3;2-22H,1H3. The molecule has 0 unspecified atom stereocenters. The van der Waals surface area contributed by atoms with Gasteiger partial charge in [-0.3, -0.25) is 4.98 Å². The highest BCUT2D eigenvalue weighted by molar-refractivity contribution is 6.12. The first-order valence-electron chi connectivity index (χ1n) is 46.1. The quantitative estimate of drug-likeness (QED) is 0.0961. The predicted molar refractivity (Wildman–Crippen MR) is 567 cm³/mol. The Morgan fingerprint density at radius 2 is 0.504 bits per heavy atom. The van der Waals surface area contributed by atoms with Crippen LogP contribution in [0.25, 0.3) is 151 Å². The molecule has 0 saturated heterocycles. The molecule has 3 aromatic heterocycles. The molecule has 1 aliphatic rings. The maximum absolute atomic E-state index is 4.88. The Hall–Kier alpha value is -17.3. The van der Waals surface area contributed by atoms with Gasteiger partial charge in [0.1, 0.15) is 0 Å². The van der Waals surface area contributed by atoms with Crippen LogP contribution in [-0.2, 0) is 5.41 Å². The molecule has 23 rings (SSSR count). The van der Waals surface area contributed by atoms with Crippen LogP contribution in [0.2, 0.25) is 0 Å². The molecule has 0 atom stereocenters. The van der Waals surface area contributed by atoms with Crippen molar-refractivity contribution in [2.45, 2.75) is 40.0 Å². The van der Waals surface area contributed by atoms with Crippen LogP contribution < -0.4 is 9.80 Å². The van der Waals surface area contributed by atoms with Gasteiger partial charge < -0.3 is 14.4 Å². The number of rotatable bonds is 16. The van der Waals surface area contributed by atoms with E-state index in [-0.39, 0.29) is 5.41 Å². The van der Waals surface area contributed by atoms with Gasteiger partial charge in [-0.05, 0) is 237 Å². The van der Waals surface area contributed by atoms with E-state index < -0.39 is 0 Å². The largest absolute Gasteiger partial charge is 0.311 e. The van der Waals surface area contributed by atoms with Crippen molar-refractivity contribution < 1.29 is 0 Å². The van der Waals surface area contributed by atoms with E-state index in [0.29, 0.717) is 17.5 Å². The zero-order valence-electron chi connectivity index (χ0n) is 76.1. The number of fused-ring (bicyclic) bond motifs is 5. The average molecular weight is 1740 g/mol. The highest BCUT2D eigenvalue weighted by atomic mass is 15.2. The molecule has 7 heteroatoms. The summed E-state index contributed by atoms with van der Waals surface area (Å²) in [6, 6.07) is 178. The molecule has 0 amide bonds. The third-order valence-corrected chi connectivity index (χ3v) is 25.3. The molecule has 646 valence electrons. The van der Waals surface area contributed by atoms with E-state index in [2.05, 4.69) is 466 Å². The van der Waals surface area contributed by atoms with Gasteiger partial charge in [0.2, 0.25) is 0 Å². The number of hydrogen-bond acceptors (Lipinski definition) is 6. The van der Waals surface area contributed by atoms with E-state index in [0.717, 1.165) is 56.1 Å². The molecule has 0 aliphatic carbocycles. The SMILES string of the molecule is Cc1ccc(-n2c3ccc(-c4ccccc4)cc3c3cc(-c4ccccc4)ccc32)cc1.Cc1ccc(N(c2ccc(-c3ccccc3)cc2)c2ccc(-c3ccccn3)cc2)cc1.Cc1ccc2c(c1)C(C)(C)c1cc(-c3ccccc3)ccc1N2c1ccc(-c2ccccc2)cc1.c1ccc(-c2cccc(-c3cccc(-c4nc(-c5ccccc5)nc(-c5ccccc5)n4)c3)c2)cc1. The second-order valence-electron chi connectivity index (χ2n) is 34.8. The average Bonchev–Trinajstić information content (AvgIpc) is 1.62. The second kappa shape index (κ2) is 39.2. The lowest BCUT2D eigenvalue weighted by molar-refractivity contribution is 0.631. The van der Waals surface area contributed by atoms with Crippen molar-refractivity contribution in [1.82, 2.24) is 24.5 Å². The van der Waals surface area contributed by atoms with E-state index in [1.807, 2.05) is 97.2 Å². The summed E-state index contributed by atoms with van der Waals surface area (Å²) in [5.41, 5.74) is 39.1. The normalized spacial score (nSPS) is 11.6. The molecule has 22 aromatic rings. The third-order valence-electron chi connectivity index (χ3n) is 25.3. The summed E-state index contributed by atoms with van der Waals surface area (Å²) in [4.78, 5) is 23.7. The van der Waals surface area contributed by atoms with Gasteiger partial charge in [0.15, 0.2) is 17.5 Å². The van der Waals surface area contributed by atoms with Gasteiger partial charge in [-0.2, -0.15) is 0 Å². The van der Waals surface area contributed by atoms with Crippen molar-refractivity contribution in [2.24, 2.45) is 0 Å². The van der Waals surface area contributed by atoms with E-state index in [1.54, 1.807) is 0 Å². The van der Waals surface area contributed by atoms with Crippen LogP contribution in [0.4, 0.5) is 34.1 Å². The van der Waals surface area contributed by atoms with E-state index in [1.165, 1.54) is 139 Å². The molecule has 0 fully saturated rings. The molecule has 4 heterocycles. The summed E-state index contributed by atoms with van der Waals surface area (Å²) in [6.07, 6.45) is 1.83. The van der Waals surface area contributed by atoms with Gasteiger partial charge in [0.25, 0.3) is 0 Å². The Labute approximate surface area is 791 Å². The number of benzene rings is 19. The Kier molecular flexibility index (Phi) is 24.9. The van der Waals surface area contributed by atoms with Gasteiger partial charge in [0, 0.05) is 73.1 Å². The Morgan fingerprint density at radius 1 is 0.215 bits per heavy atom. The first-order valence-corrected chi connectivity index (χ1v) is 46.1. The van der Waals surface area contributed by atoms with Gasteiger partial charge in [-0.15, -0.1) is 0 Å². The zero-order valence-corrected chi connectivity index (χ0v) is 76.1. The van der Waals surface area contributed by atoms with Crippen molar-refractivity contribution in [3.8, 4) is 129 Å². The molecule has 0 radical (unpaired) electrons. The number of nitrogens with zero attached hydrogens (tertiary/aromatic N) is 7. The van der Waals surface area contributed by atoms with Gasteiger partial charge in [0.05, 0.1) is 28.1 Å². The minimum atomic E-state index is -0.109. The van der Waals surface area contributed by atoms with Crippen molar-refractivity contribution in [3.63, 3.8) is 0 Å². The number of aromatic nitrogens is 5. The van der Waals surface area contributed by atoms with Crippen LogP contribution in [0.1, 0.15) is 41.7 Å². The lowest BCUT2D eigenvalue weighted by Gasteiger charge is -2.42. The topological polar surface area (TPSA) is 63.0 Å². The molecule has 0 bridgehead atoms. The van der Waals surface area contributed by atoms with E-state index in [9.17, 15) is 0 Å². The lowest BCUT2D eigenvalue weighted by atomic mass is 9.72. The molecular weight excluding hydrogens is 1640 g/mol. The molecule has 1 aliphatic heterocycles. The fourth-order valence-corrected chi connectivity index (χ4v) is 18.2. The minimum absolute atomic E-state index is 0.109. The summed E-state index contributed by atoms with van der Waals surface area (Å²) < 4.78 is 2.38. The number of aryl methyl sites for hydroxylation is 3. The lowest BCUT2D eigenvalue weighted by Crippen LogP contribution is -2.30. The highest BCUT2D eigenvalue weighted by Crippen LogP contribution is 2.54. The van der Waals surface area contributed by atoms with Crippen LogP contribution in [0.15, 0.2) is 510 Å². The Bertz CT molecular complexity index is 7560. The Balaban J connectivity index is 0.000000112. The molecule has 0 saturated carbocycles. The summed E-state index contributed by atoms with van der Waals surface area (Å²) in [5.74, 6) is 1.98. The van der Waals surface area contributed by atoms with Crippen molar-refractivity contribution in [1.29, 1.82) is 0 Å². The van der Waals surface area contributed by atoms with Crippen LogP contribution in [-0.4, -0.2) is 24.5 Å². The van der Waals surface area contributed by atoms with Crippen LogP contribution >= 0.6 is 0 Å². The minimum Gasteiger partial charge on any atom is -0.311 e. The number of anilines is 6. The second-order valence-corrected chi connectivity index (χ2v) is 34.8. The van der Waals surface area contributed by atoms with Crippen LogP contribution in [0, 0.1) is 20.8 Å². The molecular formula is C128H99N7. The predicted octanol–water partition coefficient (Wildman–Crippen LogP) is 34.3. The monoisotopic (exact) mass is 1730 g/mol. The van der Waals surface area contributed by atoms with E-state index >= 15 is 0 Å². The van der Waals surface area contributed by atoms with Crippen molar-refractivity contribution >= 4 is 55.9 Å². The fourth-order valence-electron chi connectivity index (χ4n) is 18.2. The van der Waals surface area contributed by atoms with Crippen molar-refractivity contribution in [2.75, 3.05) is 9.80 Å². The first-order chi connectivity index (χ1) is 66.4. The van der Waals surface area contributed by atoms with E-state index in [4.69, 9.17) is 15.0 Å². The number of hydrogen-bond donors (Lipinski definition) is 0. The third kappa shape index (κ3) is 19.0. The zero-order chi connectivity index (χ0) is 91.4. The maximum atomic E-state index is 4.88. The smallest absolute Gasteiger partial charge is 0.164 e. The summed E-state index contributed by atoms with van der Waals surface area (Å²) in [7, 11) is 0. The van der Waals surface area contributed by atoms with Crippen LogP contribution in [0.5, 0.6) is 0 Å². The van der Waals surface area contributed by atoms with Gasteiger partial charge >= 0.3 is 0 Å². The fraction of sp³-hybridized carbons (Fsp3) is 0.0469. The van der Waals surface area contributed by atoms with Gasteiger partial charge in [-0.25, -0.2) is 15.0 Å². The molecule has 19 aromatic carbocycles. The number of pyridine rings is 1. The molecule has 7 nitrogen and oxygen atoms in total. The maximum Gasteiger partial charge on any atom is 0.164 e. The summed E-state index contributed by atoms with van der Waals surface area (Å²) in [6.45, 7) is 11.1. The summed E-state index contributed by atoms with van der Waals surface area (Å²) in [5, 5.41) is 2.56. The molecule has 0 spiro atoms.